The van der Waals surface area contributed by atoms with Crippen LogP contribution in [0.25, 0.3) is 0 Å². The van der Waals surface area contributed by atoms with Crippen molar-refractivity contribution in [2.24, 2.45) is 0 Å². The largest absolute Gasteiger partial charge is 0.396 e. The molecule has 0 unspecified atom stereocenters. The summed E-state index contributed by atoms with van der Waals surface area (Å²) in [5.74, 6) is 0. The topological polar surface area (TPSA) is 32.3 Å². The normalized spacial score (nSPS) is 19.8. The van der Waals surface area contributed by atoms with Crippen LogP contribution >= 0.6 is 0 Å². The Morgan fingerprint density at radius 1 is 1.23 bits per heavy atom. The molecule has 0 spiro atoms. The van der Waals surface area contributed by atoms with Crippen LogP contribution in [0, 0.1) is 0 Å². The molecule has 0 heterocycles. The molecule has 2 nitrogen and oxygen atoms in total. The lowest BCUT2D eigenvalue weighted by Crippen LogP contribution is -2.50. The smallest absolute Gasteiger partial charge is 0.0431 e. The first kappa shape index (κ1) is 11.0. The first-order chi connectivity index (χ1) is 6.33. The summed E-state index contributed by atoms with van der Waals surface area (Å²) in [6, 6.07) is 0. The van der Waals surface area contributed by atoms with Gasteiger partial charge in [-0.2, -0.15) is 0 Å². The van der Waals surface area contributed by atoms with E-state index < -0.39 is 0 Å². The summed E-state index contributed by atoms with van der Waals surface area (Å²) in [5.41, 5.74) is 0.499. The molecule has 1 saturated carbocycles. The second-order valence-corrected chi connectivity index (χ2v) is 4.20. The summed E-state index contributed by atoms with van der Waals surface area (Å²) < 4.78 is 0. The fourth-order valence-electron chi connectivity index (χ4n) is 2.03. The van der Waals surface area contributed by atoms with Gasteiger partial charge in [0.2, 0.25) is 0 Å². The zero-order valence-electron chi connectivity index (χ0n) is 8.81. The lowest BCUT2D eigenvalue weighted by Gasteiger charge is -2.42. The predicted molar refractivity (Wildman–Crippen MR) is 55.8 cm³/mol. The van der Waals surface area contributed by atoms with Crippen LogP contribution in [-0.2, 0) is 0 Å². The van der Waals surface area contributed by atoms with Gasteiger partial charge in [-0.3, -0.25) is 0 Å². The van der Waals surface area contributed by atoms with Gasteiger partial charge in [0.25, 0.3) is 0 Å². The zero-order valence-corrected chi connectivity index (χ0v) is 8.81. The number of aliphatic hydroxyl groups excluding tert-OH is 1. The van der Waals surface area contributed by atoms with Gasteiger partial charge in [-0.25, -0.2) is 0 Å². The Kier molecular flexibility index (Phi) is 4.74. The molecule has 2 N–H and O–H groups in total. The van der Waals surface area contributed by atoms with Crippen molar-refractivity contribution in [1.82, 2.24) is 5.32 Å². The van der Waals surface area contributed by atoms with Crippen LogP contribution in [0.1, 0.15) is 51.9 Å². The molecule has 0 aromatic heterocycles. The summed E-state index contributed by atoms with van der Waals surface area (Å²) in [7, 11) is 0. The molecule has 0 aliphatic heterocycles. The number of hydrogen-bond donors (Lipinski definition) is 2. The third kappa shape index (κ3) is 3.28. The molecule has 78 valence electrons. The quantitative estimate of drug-likeness (QED) is 0.595. The van der Waals surface area contributed by atoms with E-state index in [0.717, 1.165) is 19.4 Å². The van der Waals surface area contributed by atoms with Crippen LogP contribution in [-0.4, -0.2) is 23.8 Å². The summed E-state index contributed by atoms with van der Waals surface area (Å²) in [5, 5.41) is 12.3. The SMILES string of the molecule is CCC1(NCCCCCO)CCC1. The van der Waals surface area contributed by atoms with Gasteiger partial charge in [-0.05, 0) is 51.5 Å². The molecule has 1 rings (SSSR count). The lowest BCUT2D eigenvalue weighted by atomic mass is 9.75. The number of unbranched alkanes of at least 4 members (excludes halogenated alkanes) is 2. The molecular weight excluding hydrogens is 162 g/mol. The highest BCUT2D eigenvalue weighted by Crippen LogP contribution is 2.34. The number of hydrogen-bond acceptors (Lipinski definition) is 2. The predicted octanol–water partition coefficient (Wildman–Crippen LogP) is 2.07. The molecule has 0 aromatic rings. The van der Waals surface area contributed by atoms with Crippen molar-refractivity contribution in [3.8, 4) is 0 Å². The molecule has 0 amide bonds. The maximum absolute atomic E-state index is 8.61. The van der Waals surface area contributed by atoms with Crippen molar-refractivity contribution >= 4 is 0 Å². The molecule has 13 heavy (non-hydrogen) atoms. The Morgan fingerprint density at radius 2 is 2.00 bits per heavy atom. The van der Waals surface area contributed by atoms with Gasteiger partial charge in [0, 0.05) is 12.1 Å². The highest BCUT2D eigenvalue weighted by Gasteiger charge is 2.33. The van der Waals surface area contributed by atoms with Crippen LogP contribution in [0.15, 0.2) is 0 Å². The van der Waals surface area contributed by atoms with Gasteiger partial charge in [0.15, 0.2) is 0 Å². The third-order valence-electron chi connectivity index (χ3n) is 3.32. The average Bonchev–Trinajstić information content (AvgIpc) is 2.09. The summed E-state index contributed by atoms with van der Waals surface area (Å²) in [6.45, 7) is 3.76. The summed E-state index contributed by atoms with van der Waals surface area (Å²) in [6.07, 6.45) is 8.73. The van der Waals surface area contributed by atoms with E-state index in [4.69, 9.17) is 5.11 Å². The molecule has 1 aliphatic carbocycles. The van der Waals surface area contributed by atoms with Gasteiger partial charge in [-0.15, -0.1) is 0 Å². The maximum Gasteiger partial charge on any atom is 0.0431 e. The van der Waals surface area contributed by atoms with Gasteiger partial charge < -0.3 is 10.4 Å². The van der Waals surface area contributed by atoms with Crippen LogP contribution < -0.4 is 5.32 Å². The van der Waals surface area contributed by atoms with Gasteiger partial charge >= 0.3 is 0 Å². The van der Waals surface area contributed by atoms with Crippen LogP contribution in [0.2, 0.25) is 0 Å². The van der Waals surface area contributed by atoms with Gasteiger partial charge in [0.1, 0.15) is 0 Å². The Bertz CT molecular complexity index is 127. The van der Waals surface area contributed by atoms with Gasteiger partial charge in [-0.1, -0.05) is 6.92 Å². The van der Waals surface area contributed by atoms with Crippen LogP contribution in [0.5, 0.6) is 0 Å². The van der Waals surface area contributed by atoms with Crippen LogP contribution in [0.4, 0.5) is 0 Å². The molecule has 1 aliphatic rings. The van der Waals surface area contributed by atoms with Crippen molar-refractivity contribution in [1.29, 1.82) is 0 Å². The standard InChI is InChI=1S/C11H23NO/c1-2-11(7-6-8-11)12-9-4-3-5-10-13/h12-13H,2-10H2,1H3. The lowest BCUT2D eigenvalue weighted by molar-refractivity contribution is 0.176. The van der Waals surface area contributed by atoms with E-state index in [1.54, 1.807) is 0 Å². The highest BCUT2D eigenvalue weighted by molar-refractivity contribution is 4.94. The number of nitrogens with one attached hydrogen (secondary N) is 1. The van der Waals surface area contributed by atoms with Crippen molar-refractivity contribution < 1.29 is 5.11 Å². The van der Waals surface area contributed by atoms with Crippen molar-refractivity contribution in [2.45, 2.75) is 57.4 Å². The van der Waals surface area contributed by atoms with Crippen molar-refractivity contribution in [3.05, 3.63) is 0 Å². The zero-order chi connectivity index (χ0) is 9.57. The van der Waals surface area contributed by atoms with E-state index in [2.05, 4.69) is 12.2 Å². The minimum atomic E-state index is 0.346. The average molecular weight is 185 g/mol. The van der Waals surface area contributed by atoms with Crippen LogP contribution in [0.3, 0.4) is 0 Å². The Hall–Kier alpha value is -0.0800. The molecule has 0 bridgehead atoms. The van der Waals surface area contributed by atoms with E-state index in [9.17, 15) is 0 Å². The molecular formula is C11H23NO. The van der Waals surface area contributed by atoms with Gasteiger partial charge in [0.05, 0.1) is 0 Å². The van der Waals surface area contributed by atoms with Crippen molar-refractivity contribution in [3.63, 3.8) is 0 Å². The fourth-order valence-corrected chi connectivity index (χ4v) is 2.03. The first-order valence-electron chi connectivity index (χ1n) is 5.69. The summed E-state index contributed by atoms with van der Waals surface area (Å²) >= 11 is 0. The second-order valence-electron chi connectivity index (χ2n) is 4.20. The molecule has 0 saturated heterocycles. The maximum atomic E-state index is 8.61. The van der Waals surface area contributed by atoms with E-state index in [0.29, 0.717) is 12.1 Å². The Balaban J connectivity index is 1.98. The molecule has 2 heteroatoms. The van der Waals surface area contributed by atoms with E-state index >= 15 is 0 Å². The number of aliphatic hydroxyl groups is 1. The first-order valence-corrected chi connectivity index (χ1v) is 5.69. The van der Waals surface area contributed by atoms with E-state index in [1.807, 2.05) is 0 Å². The Morgan fingerprint density at radius 3 is 2.46 bits per heavy atom. The monoisotopic (exact) mass is 185 g/mol. The molecule has 1 fully saturated rings. The molecule has 0 atom stereocenters. The Labute approximate surface area is 81.7 Å². The number of rotatable bonds is 7. The minimum Gasteiger partial charge on any atom is -0.396 e. The third-order valence-corrected chi connectivity index (χ3v) is 3.32. The van der Waals surface area contributed by atoms with Crippen molar-refractivity contribution in [2.75, 3.05) is 13.2 Å². The van der Waals surface area contributed by atoms with E-state index in [-0.39, 0.29) is 0 Å². The highest BCUT2D eigenvalue weighted by atomic mass is 16.2. The second kappa shape index (κ2) is 5.61. The summed E-state index contributed by atoms with van der Waals surface area (Å²) in [4.78, 5) is 0. The fraction of sp³-hybridized carbons (Fsp3) is 1.00. The van der Waals surface area contributed by atoms with E-state index in [1.165, 1.54) is 32.1 Å². The minimum absolute atomic E-state index is 0.346. The molecule has 0 aromatic carbocycles. The molecule has 0 radical (unpaired) electrons.